The molecule has 0 unspecified atom stereocenters. The lowest BCUT2D eigenvalue weighted by molar-refractivity contribution is -0.170. The van der Waals surface area contributed by atoms with E-state index >= 15 is 0 Å². The highest BCUT2D eigenvalue weighted by molar-refractivity contribution is 5.26. The van der Waals surface area contributed by atoms with Crippen molar-refractivity contribution >= 4 is 0 Å². The summed E-state index contributed by atoms with van der Waals surface area (Å²) in [6, 6.07) is 7.74. The van der Waals surface area contributed by atoms with Crippen LogP contribution in [0.4, 0.5) is 0 Å². The molecule has 0 saturated carbocycles. The average Bonchev–Trinajstić information content (AvgIpc) is 3.23. The molecule has 10 nitrogen and oxygen atoms in total. The largest absolute Gasteiger partial charge is 0.497 e. The highest BCUT2D eigenvalue weighted by Crippen LogP contribution is 2.33. The van der Waals surface area contributed by atoms with E-state index in [4.69, 9.17) is 47.4 Å². The number of hydrogen-bond donors (Lipinski definition) is 0. The fourth-order valence-electron chi connectivity index (χ4n) is 3.67. The van der Waals surface area contributed by atoms with Gasteiger partial charge >= 0.3 is 0 Å². The lowest BCUT2D eigenvalue weighted by Gasteiger charge is -2.26. The van der Waals surface area contributed by atoms with E-state index in [1.165, 1.54) is 0 Å². The zero-order valence-electron chi connectivity index (χ0n) is 23.0. The molecule has 0 bridgehead atoms. The molecule has 37 heavy (non-hydrogen) atoms. The topological polar surface area (TPSA) is 92.3 Å². The molecule has 0 aliphatic carbocycles. The molecule has 1 aromatic rings. The van der Waals surface area contributed by atoms with Crippen molar-refractivity contribution in [2.45, 2.75) is 70.1 Å². The summed E-state index contributed by atoms with van der Waals surface area (Å²) >= 11 is 0. The number of hydrogen-bond acceptors (Lipinski definition) is 10. The maximum atomic E-state index is 6.17. The Bertz CT molecular complexity index is 804. The summed E-state index contributed by atoms with van der Waals surface area (Å²) in [4.78, 5) is 0. The second-order valence-corrected chi connectivity index (χ2v) is 8.88. The summed E-state index contributed by atoms with van der Waals surface area (Å²) in [5.41, 5.74) is 1.05. The zero-order chi connectivity index (χ0) is 27.1. The van der Waals surface area contributed by atoms with Crippen molar-refractivity contribution in [2.24, 2.45) is 0 Å². The maximum absolute atomic E-state index is 6.17. The lowest BCUT2D eigenvalue weighted by Crippen LogP contribution is -2.43. The Hall–Kier alpha value is -1.78. The van der Waals surface area contributed by atoms with Gasteiger partial charge in [-0.1, -0.05) is 24.0 Å². The first kappa shape index (κ1) is 31.4. The maximum Gasteiger partial charge on any atom is 0.164 e. The number of ether oxygens (including phenoxy) is 10. The van der Waals surface area contributed by atoms with E-state index in [0.717, 1.165) is 11.3 Å². The lowest BCUT2D eigenvalue weighted by atomic mass is 10.0. The third-order valence-electron chi connectivity index (χ3n) is 5.46. The van der Waals surface area contributed by atoms with E-state index in [0.29, 0.717) is 19.6 Å². The van der Waals surface area contributed by atoms with Gasteiger partial charge in [0.1, 0.15) is 50.5 Å². The van der Waals surface area contributed by atoms with Crippen molar-refractivity contribution in [2.75, 3.05) is 55.4 Å². The van der Waals surface area contributed by atoms with E-state index in [1.807, 2.05) is 45.0 Å². The molecule has 0 aromatic heterocycles. The van der Waals surface area contributed by atoms with E-state index in [-0.39, 0.29) is 26.5 Å². The minimum atomic E-state index is -0.836. The Kier molecular flexibility index (Phi) is 14.4. The van der Waals surface area contributed by atoms with Crippen molar-refractivity contribution in [3.05, 3.63) is 29.8 Å². The van der Waals surface area contributed by atoms with Gasteiger partial charge in [0.2, 0.25) is 0 Å². The molecule has 1 aliphatic rings. The minimum absolute atomic E-state index is 0.0359. The van der Waals surface area contributed by atoms with Crippen LogP contribution < -0.4 is 4.74 Å². The standard InChI is InChI=1S/C27H42O10/c1-20(33-17-28-4)25-26(37-27(2,3)36-25)24(35-19-30-6)13-12-23(34-18-29-5)14-15-32-16-21-8-10-22(31-7)11-9-21/h8-11,20,23-26H,14-19H2,1-7H3/t20-,23-,24-,25-,26-/m0/s1. The molecule has 0 spiro atoms. The number of benzene rings is 1. The molecule has 10 heteroatoms. The summed E-state index contributed by atoms with van der Waals surface area (Å²) in [5, 5.41) is 0. The van der Waals surface area contributed by atoms with Gasteiger partial charge in [0.25, 0.3) is 0 Å². The summed E-state index contributed by atoms with van der Waals surface area (Å²) < 4.78 is 56.0. The quantitative estimate of drug-likeness (QED) is 0.171. The van der Waals surface area contributed by atoms with Crippen LogP contribution in [0.5, 0.6) is 5.75 Å². The summed E-state index contributed by atoms with van der Waals surface area (Å²) in [7, 11) is 6.32. The fourth-order valence-corrected chi connectivity index (χ4v) is 3.67. The zero-order valence-corrected chi connectivity index (χ0v) is 23.0. The van der Waals surface area contributed by atoms with Crippen molar-refractivity contribution < 1.29 is 47.4 Å². The normalized spacial score (nSPS) is 21.2. The van der Waals surface area contributed by atoms with Crippen LogP contribution in [-0.2, 0) is 49.2 Å². The molecule has 2 rings (SSSR count). The fraction of sp³-hybridized carbons (Fsp3) is 0.704. The predicted octanol–water partition coefficient (Wildman–Crippen LogP) is 3.11. The summed E-state index contributed by atoms with van der Waals surface area (Å²) in [6.07, 6.45) is -1.86. The van der Waals surface area contributed by atoms with Crippen LogP contribution in [0.25, 0.3) is 0 Å². The van der Waals surface area contributed by atoms with Crippen LogP contribution in [0.15, 0.2) is 24.3 Å². The van der Waals surface area contributed by atoms with E-state index in [2.05, 4.69) is 11.8 Å². The third-order valence-corrected chi connectivity index (χ3v) is 5.46. The predicted molar refractivity (Wildman–Crippen MR) is 135 cm³/mol. The molecule has 1 aromatic carbocycles. The second kappa shape index (κ2) is 16.9. The Morgan fingerprint density at radius 2 is 1.46 bits per heavy atom. The minimum Gasteiger partial charge on any atom is -0.497 e. The van der Waals surface area contributed by atoms with Crippen molar-refractivity contribution in [3.8, 4) is 17.6 Å². The second-order valence-electron chi connectivity index (χ2n) is 8.88. The van der Waals surface area contributed by atoms with E-state index in [1.54, 1.807) is 28.4 Å². The first-order chi connectivity index (χ1) is 17.8. The number of methoxy groups -OCH3 is 4. The van der Waals surface area contributed by atoms with Gasteiger partial charge in [0, 0.05) is 27.8 Å². The van der Waals surface area contributed by atoms with Crippen molar-refractivity contribution in [3.63, 3.8) is 0 Å². The summed E-state index contributed by atoms with van der Waals surface area (Å²) in [5.74, 6) is 6.28. The van der Waals surface area contributed by atoms with Gasteiger partial charge in [0.05, 0.1) is 26.4 Å². The molecule has 1 heterocycles. The third kappa shape index (κ3) is 11.2. The van der Waals surface area contributed by atoms with Gasteiger partial charge in [0.15, 0.2) is 5.79 Å². The Balaban J connectivity index is 2.06. The molecular weight excluding hydrogens is 484 g/mol. The first-order valence-corrected chi connectivity index (χ1v) is 12.2. The highest BCUT2D eigenvalue weighted by Gasteiger charge is 2.48. The van der Waals surface area contributed by atoms with Crippen molar-refractivity contribution in [1.82, 2.24) is 0 Å². The summed E-state index contributed by atoms with van der Waals surface area (Å²) in [6.45, 7) is 6.76. The van der Waals surface area contributed by atoms with Crippen LogP contribution in [0, 0.1) is 11.8 Å². The monoisotopic (exact) mass is 526 g/mol. The van der Waals surface area contributed by atoms with Crippen molar-refractivity contribution in [1.29, 1.82) is 0 Å². The van der Waals surface area contributed by atoms with Crippen LogP contribution in [0.3, 0.4) is 0 Å². The SMILES string of the molecule is COCO[C@@H](C)[C@@H]1OC(C)(C)O[C@H]1[C@H](C#C[C@@H](CCOCc1ccc(OC)cc1)OCOC)OCOC. The molecule has 5 atom stereocenters. The van der Waals surface area contributed by atoms with Crippen LogP contribution >= 0.6 is 0 Å². The molecule has 210 valence electrons. The molecule has 1 saturated heterocycles. The Morgan fingerprint density at radius 3 is 2.11 bits per heavy atom. The molecule has 0 radical (unpaired) electrons. The molecular formula is C27H42O10. The average molecular weight is 527 g/mol. The Morgan fingerprint density at radius 1 is 0.838 bits per heavy atom. The van der Waals surface area contributed by atoms with Gasteiger partial charge in [-0.15, -0.1) is 0 Å². The molecule has 0 amide bonds. The smallest absolute Gasteiger partial charge is 0.164 e. The number of rotatable bonds is 17. The van der Waals surface area contributed by atoms with E-state index in [9.17, 15) is 0 Å². The highest BCUT2D eigenvalue weighted by atomic mass is 16.8. The van der Waals surface area contributed by atoms with Crippen LogP contribution in [-0.4, -0.2) is 91.7 Å². The van der Waals surface area contributed by atoms with Crippen LogP contribution in [0.1, 0.15) is 32.8 Å². The molecule has 0 N–H and O–H groups in total. The van der Waals surface area contributed by atoms with Gasteiger partial charge in [-0.2, -0.15) is 0 Å². The van der Waals surface area contributed by atoms with Gasteiger partial charge in [-0.25, -0.2) is 0 Å². The van der Waals surface area contributed by atoms with Gasteiger partial charge in [-0.05, 0) is 38.5 Å². The molecule has 1 aliphatic heterocycles. The van der Waals surface area contributed by atoms with Gasteiger partial charge < -0.3 is 47.4 Å². The van der Waals surface area contributed by atoms with Gasteiger partial charge in [-0.3, -0.25) is 0 Å². The Labute approximate surface area is 220 Å². The van der Waals surface area contributed by atoms with E-state index < -0.39 is 30.2 Å². The molecule has 1 fully saturated rings. The first-order valence-electron chi connectivity index (χ1n) is 12.2. The van der Waals surface area contributed by atoms with Crippen LogP contribution in [0.2, 0.25) is 0 Å².